The molecule has 1 aliphatic heterocycles. The van der Waals surface area contributed by atoms with E-state index < -0.39 is 5.97 Å². The van der Waals surface area contributed by atoms with Crippen molar-refractivity contribution in [3.63, 3.8) is 0 Å². The quantitative estimate of drug-likeness (QED) is 0.597. The van der Waals surface area contributed by atoms with Crippen LogP contribution in [0.4, 0.5) is 0 Å². The van der Waals surface area contributed by atoms with Gasteiger partial charge in [-0.1, -0.05) is 13.8 Å². The van der Waals surface area contributed by atoms with Crippen LogP contribution < -0.4 is 19.5 Å². The maximum Gasteiger partial charge on any atom is 0.331 e. The van der Waals surface area contributed by atoms with Gasteiger partial charge in [-0.15, -0.1) is 0 Å². The molecule has 0 bridgehead atoms. The molecule has 2 rings (SSSR count). The number of methoxy groups -OCH3 is 1. The van der Waals surface area contributed by atoms with Crippen LogP contribution >= 0.6 is 0 Å². The van der Waals surface area contributed by atoms with E-state index in [1.165, 1.54) is 13.2 Å². The molecule has 0 fully saturated rings. The fourth-order valence-corrected chi connectivity index (χ4v) is 2.11. The van der Waals surface area contributed by atoms with E-state index in [1.807, 2.05) is 13.8 Å². The molecule has 0 saturated heterocycles. The Labute approximate surface area is 146 Å². The molecule has 1 aromatic rings. The summed E-state index contributed by atoms with van der Waals surface area (Å²) in [7, 11) is 1.53. The SMILES string of the molecule is COc1cc(/C=C/C(=O)OCC(=O)NCC(C)C)cc2c1OCCO2. The predicted octanol–water partition coefficient (Wildman–Crippen LogP) is 1.79. The van der Waals surface area contributed by atoms with Crippen LogP contribution in [0.2, 0.25) is 0 Å². The van der Waals surface area contributed by atoms with Crippen LogP contribution in [0.1, 0.15) is 19.4 Å². The van der Waals surface area contributed by atoms with Gasteiger partial charge in [-0.05, 0) is 29.7 Å². The highest BCUT2D eigenvalue weighted by atomic mass is 16.6. The van der Waals surface area contributed by atoms with Gasteiger partial charge >= 0.3 is 5.97 Å². The number of hydrogen-bond acceptors (Lipinski definition) is 6. The Morgan fingerprint density at radius 1 is 1.28 bits per heavy atom. The van der Waals surface area contributed by atoms with E-state index in [9.17, 15) is 9.59 Å². The van der Waals surface area contributed by atoms with E-state index in [4.69, 9.17) is 18.9 Å². The number of ether oxygens (including phenoxy) is 4. The van der Waals surface area contributed by atoms with Gasteiger partial charge < -0.3 is 24.3 Å². The number of fused-ring (bicyclic) bond motifs is 1. The predicted molar refractivity (Wildman–Crippen MR) is 91.8 cm³/mol. The van der Waals surface area contributed by atoms with Gasteiger partial charge in [-0.25, -0.2) is 4.79 Å². The highest BCUT2D eigenvalue weighted by molar-refractivity contribution is 5.89. The molecule has 25 heavy (non-hydrogen) atoms. The van der Waals surface area contributed by atoms with E-state index in [1.54, 1.807) is 18.2 Å². The smallest absolute Gasteiger partial charge is 0.331 e. The Morgan fingerprint density at radius 3 is 2.76 bits per heavy atom. The summed E-state index contributed by atoms with van der Waals surface area (Å²) in [6.45, 7) is 5.12. The Balaban J connectivity index is 1.92. The molecule has 1 amide bonds. The number of carbonyl (C=O) groups is 2. The summed E-state index contributed by atoms with van der Waals surface area (Å²) in [6.07, 6.45) is 2.82. The van der Waals surface area contributed by atoms with Crippen LogP contribution in [-0.4, -0.2) is 45.4 Å². The van der Waals surface area contributed by atoms with Crippen molar-refractivity contribution in [2.24, 2.45) is 5.92 Å². The first-order valence-corrected chi connectivity index (χ1v) is 8.08. The number of hydrogen-bond donors (Lipinski definition) is 1. The first-order valence-electron chi connectivity index (χ1n) is 8.08. The molecule has 136 valence electrons. The monoisotopic (exact) mass is 349 g/mol. The van der Waals surface area contributed by atoms with Crippen molar-refractivity contribution in [3.8, 4) is 17.2 Å². The van der Waals surface area contributed by atoms with Crippen LogP contribution in [0.3, 0.4) is 0 Å². The molecule has 1 aromatic carbocycles. The average molecular weight is 349 g/mol. The summed E-state index contributed by atoms with van der Waals surface area (Å²) in [5.41, 5.74) is 0.697. The van der Waals surface area contributed by atoms with Crippen LogP contribution in [0.5, 0.6) is 17.2 Å². The summed E-state index contributed by atoms with van der Waals surface area (Å²) in [5.74, 6) is 1.05. The zero-order chi connectivity index (χ0) is 18.2. The molecule has 1 heterocycles. The third-order valence-electron chi connectivity index (χ3n) is 3.32. The number of nitrogens with one attached hydrogen (secondary N) is 1. The Kier molecular flexibility index (Phi) is 6.68. The Bertz CT molecular complexity index is 636. The van der Waals surface area contributed by atoms with E-state index in [2.05, 4.69) is 5.32 Å². The molecule has 1 N–H and O–H groups in total. The lowest BCUT2D eigenvalue weighted by molar-refractivity contribution is -0.143. The molecule has 0 atom stereocenters. The van der Waals surface area contributed by atoms with Gasteiger partial charge in [-0.2, -0.15) is 0 Å². The third-order valence-corrected chi connectivity index (χ3v) is 3.32. The molecular formula is C18H23NO6. The summed E-state index contributed by atoms with van der Waals surface area (Å²) in [5, 5.41) is 2.67. The minimum absolute atomic E-state index is 0.305. The second-order valence-corrected chi connectivity index (χ2v) is 5.89. The highest BCUT2D eigenvalue weighted by Gasteiger charge is 2.17. The van der Waals surface area contributed by atoms with Crippen molar-refractivity contribution in [2.75, 3.05) is 33.5 Å². The second-order valence-electron chi connectivity index (χ2n) is 5.89. The van der Waals surface area contributed by atoms with Gasteiger partial charge in [-0.3, -0.25) is 4.79 Å². The van der Waals surface area contributed by atoms with Gasteiger partial charge in [0.25, 0.3) is 5.91 Å². The molecule has 0 spiro atoms. The van der Waals surface area contributed by atoms with Crippen molar-refractivity contribution < 1.29 is 28.5 Å². The standard InChI is InChI=1S/C18H23NO6/c1-12(2)10-19-16(20)11-25-17(21)5-4-13-8-14(22-3)18-15(9-13)23-6-7-24-18/h4-5,8-9,12H,6-7,10-11H2,1-3H3,(H,19,20)/b5-4+. The number of benzene rings is 1. The number of esters is 1. The molecule has 0 radical (unpaired) electrons. The van der Waals surface area contributed by atoms with Crippen LogP contribution in [0.25, 0.3) is 6.08 Å². The van der Waals surface area contributed by atoms with Crippen molar-refractivity contribution in [2.45, 2.75) is 13.8 Å². The zero-order valence-electron chi connectivity index (χ0n) is 14.7. The molecule has 0 aliphatic carbocycles. The highest BCUT2D eigenvalue weighted by Crippen LogP contribution is 2.40. The maximum absolute atomic E-state index is 11.7. The first-order chi connectivity index (χ1) is 12.0. The number of carbonyl (C=O) groups excluding carboxylic acids is 2. The average Bonchev–Trinajstić information content (AvgIpc) is 2.62. The molecule has 0 aromatic heterocycles. The molecular weight excluding hydrogens is 326 g/mol. The third kappa shape index (κ3) is 5.70. The van der Waals surface area contributed by atoms with Gasteiger partial charge in [0, 0.05) is 12.6 Å². The molecule has 0 unspecified atom stereocenters. The fraction of sp³-hybridized carbons (Fsp3) is 0.444. The van der Waals surface area contributed by atoms with Crippen LogP contribution in [0.15, 0.2) is 18.2 Å². The van der Waals surface area contributed by atoms with E-state index in [0.717, 1.165) is 0 Å². The molecule has 1 aliphatic rings. The minimum Gasteiger partial charge on any atom is -0.493 e. The van der Waals surface area contributed by atoms with Crippen LogP contribution in [0, 0.1) is 5.92 Å². The van der Waals surface area contributed by atoms with E-state index in [0.29, 0.717) is 48.5 Å². The largest absolute Gasteiger partial charge is 0.493 e. The summed E-state index contributed by atoms with van der Waals surface area (Å²) < 4.78 is 21.2. The van der Waals surface area contributed by atoms with E-state index in [-0.39, 0.29) is 12.5 Å². The Hall–Kier alpha value is -2.70. The lowest BCUT2D eigenvalue weighted by Crippen LogP contribution is -2.31. The Morgan fingerprint density at radius 2 is 2.04 bits per heavy atom. The normalized spacial score (nSPS) is 13.0. The first kappa shape index (κ1) is 18.6. The topological polar surface area (TPSA) is 83.1 Å². The maximum atomic E-state index is 11.7. The lowest BCUT2D eigenvalue weighted by atomic mass is 10.1. The van der Waals surface area contributed by atoms with Crippen molar-refractivity contribution in [3.05, 3.63) is 23.8 Å². The summed E-state index contributed by atoms with van der Waals surface area (Å²) in [6, 6.07) is 3.47. The lowest BCUT2D eigenvalue weighted by Gasteiger charge is -2.20. The molecule has 7 nitrogen and oxygen atoms in total. The van der Waals surface area contributed by atoms with Crippen molar-refractivity contribution >= 4 is 18.0 Å². The molecule has 7 heteroatoms. The van der Waals surface area contributed by atoms with Crippen molar-refractivity contribution in [1.82, 2.24) is 5.32 Å². The minimum atomic E-state index is -0.603. The number of amides is 1. The van der Waals surface area contributed by atoms with Gasteiger partial charge in [0.15, 0.2) is 18.1 Å². The molecule has 0 saturated carbocycles. The van der Waals surface area contributed by atoms with E-state index >= 15 is 0 Å². The van der Waals surface area contributed by atoms with Gasteiger partial charge in [0.1, 0.15) is 13.2 Å². The summed E-state index contributed by atoms with van der Waals surface area (Å²) in [4.78, 5) is 23.2. The zero-order valence-corrected chi connectivity index (χ0v) is 14.7. The van der Waals surface area contributed by atoms with Gasteiger partial charge in [0.2, 0.25) is 5.75 Å². The number of rotatable bonds is 7. The van der Waals surface area contributed by atoms with Crippen molar-refractivity contribution in [1.29, 1.82) is 0 Å². The van der Waals surface area contributed by atoms with Crippen LogP contribution in [-0.2, 0) is 14.3 Å². The summed E-state index contributed by atoms with van der Waals surface area (Å²) >= 11 is 0. The fourth-order valence-electron chi connectivity index (χ4n) is 2.11. The van der Waals surface area contributed by atoms with Gasteiger partial charge in [0.05, 0.1) is 7.11 Å². The second kappa shape index (κ2) is 8.96.